The number of hydrogen-bond donors (Lipinski definition) is 0. The van der Waals surface area contributed by atoms with E-state index in [1.807, 2.05) is 12.3 Å². The Morgan fingerprint density at radius 1 is 1.47 bits per heavy atom. The molecular weight excluding hydrogens is 250 g/mol. The minimum atomic E-state index is 0.498. The number of rotatable bonds is 3. The van der Waals surface area contributed by atoms with Gasteiger partial charge in [0.25, 0.3) is 0 Å². The predicted molar refractivity (Wildman–Crippen MR) is 67.3 cm³/mol. The van der Waals surface area contributed by atoms with Crippen molar-refractivity contribution in [1.82, 2.24) is 4.98 Å². The van der Waals surface area contributed by atoms with Crippen LogP contribution < -0.4 is 0 Å². The number of hydrogen-bond acceptors (Lipinski definition) is 1. The first-order valence-corrected chi connectivity index (χ1v) is 6.49. The van der Waals surface area contributed by atoms with Crippen molar-refractivity contribution in [3.63, 3.8) is 0 Å². The third-order valence-corrected chi connectivity index (χ3v) is 5.04. The van der Waals surface area contributed by atoms with E-state index in [-0.39, 0.29) is 0 Å². The fourth-order valence-corrected chi connectivity index (χ4v) is 3.38. The minimum absolute atomic E-state index is 0.498. The maximum atomic E-state index is 4.43. The van der Waals surface area contributed by atoms with Gasteiger partial charge in [0.15, 0.2) is 0 Å². The van der Waals surface area contributed by atoms with E-state index in [9.17, 15) is 0 Å². The van der Waals surface area contributed by atoms with Crippen LogP contribution in [0.25, 0.3) is 0 Å². The van der Waals surface area contributed by atoms with Gasteiger partial charge < -0.3 is 0 Å². The van der Waals surface area contributed by atoms with Crippen molar-refractivity contribution in [3.05, 3.63) is 30.1 Å². The van der Waals surface area contributed by atoms with Gasteiger partial charge in [-0.05, 0) is 29.9 Å². The highest BCUT2D eigenvalue weighted by Crippen LogP contribution is 2.57. The second-order valence-electron chi connectivity index (χ2n) is 5.29. The van der Waals surface area contributed by atoms with Crippen LogP contribution in [0.4, 0.5) is 0 Å². The summed E-state index contributed by atoms with van der Waals surface area (Å²) < 4.78 is 0. The summed E-state index contributed by atoms with van der Waals surface area (Å²) >= 11 is 3.84. The van der Waals surface area contributed by atoms with Crippen molar-refractivity contribution in [3.8, 4) is 0 Å². The van der Waals surface area contributed by atoms with Crippen molar-refractivity contribution in [1.29, 1.82) is 0 Å². The summed E-state index contributed by atoms with van der Waals surface area (Å²) in [5.74, 6) is 1.30. The van der Waals surface area contributed by atoms with Gasteiger partial charge in [-0.1, -0.05) is 42.8 Å². The Kier molecular flexibility index (Phi) is 2.89. The lowest BCUT2D eigenvalue weighted by atomic mass is 9.96. The maximum absolute atomic E-state index is 4.43. The zero-order chi connectivity index (χ0) is 11.1. The largest absolute Gasteiger partial charge is 0.261 e. The fraction of sp³-hybridized carbons (Fsp3) is 0.615. The molecule has 0 N–H and O–H groups in total. The van der Waals surface area contributed by atoms with Crippen molar-refractivity contribution in [2.24, 2.45) is 11.3 Å². The molecule has 1 fully saturated rings. The van der Waals surface area contributed by atoms with Gasteiger partial charge >= 0.3 is 0 Å². The van der Waals surface area contributed by atoms with E-state index in [2.05, 4.69) is 53.8 Å². The second-order valence-corrected chi connectivity index (χ2v) is 6.34. The standard InChI is InChI=1S/C13H18BrN/c1-9(11-6-4-5-7-15-11)12(14)10-8-13(10,2)3/h4-7,9-10,12H,8H2,1-3H3. The molecule has 1 aromatic heterocycles. The average molecular weight is 268 g/mol. The van der Waals surface area contributed by atoms with Crippen molar-refractivity contribution in [2.45, 2.75) is 37.9 Å². The summed E-state index contributed by atoms with van der Waals surface area (Å²) in [7, 11) is 0. The molecule has 2 heteroatoms. The molecule has 0 spiro atoms. The lowest BCUT2D eigenvalue weighted by Gasteiger charge is -2.19. The maximum Gasteiger partial charge on any atom is 0.0443 e. The second kappa shape index (κ2) is 3.89. The molecule has 1 saturated carbocycles. The third-order valence-electron chi connectivity index (χ3n) is 3.61. The van der Waals surface area contributed by atoms with Gasteiger partial charge in [0, 0.05) is 22.6 Å². The van der Waals surface area contributed by atoms with Gasteiger partial charge in [-0.25, -0.2) is 0 Å². The quantitative estimate of drug-likeness (QED) is 0.755. The molecule has 0 radical (unpaired) electrons. The highest BCUT2D eigenvalue weighted by molar-refractivity contribution is 9.09. The molecule has 1 aliphatic rings. The molecule has 1 aliphatic carbocycles. The van der Waals surface area contributed by atoms with E-state index in [0.29, 0.717) is 16.2 Å². The first kappa shape index (κ1) is 11.1. The van der Waals surface area contributed by atoms with Crippen LogP contribution in [0, 0.1) is 11.3 Å². The van der Waals surface area contributed by atoms with E-state index >= 15 is 0 Å². The van der Waals surface area contributed by atoms with Crippen LogP contribution >= 0.6 is 15.9 Å². The van der Waals surface area contributed by atoms with Crippen molar-refractivity contribution >= 4 is 15.9 Å². The Labute approximate surface area is 100 Å². The molecule has 0 amide bonds. The first-order valence-electron chi connectivity index (χ1n) is 5.57. The van der Waals surface area contributed by atoms with E-state index in [0.717, 1.165) is 5.92 Å². The van der Waals surface area contributed by atoms with E-state index in [1.165, 1.54) is 12.1 Å². The summed E-state index contributed by atoms with van der Waals surface area (Å²) in [4.78, 5) is 4.99. The Morgan fingerprint density at radius 3 is 2.60 bits per heavy atom. The first-order chi connectivity index (χ1) is 7.02. The van der Waals surface area contributed by atoms with E-state index < -0.39 is 0 Å². The lowest BCUT2D eigenvalue weighted by molar-refractivity contribution is 0.512. The average Bonchev–Trinajstić information content (AvgIpc) is 2.87. The lowest BCUT2D eigenvalue weighted by Crippen LogP contribution is -2.15. The van der Waals surface area contributed by atoms with Gasteiger partial charge in [0.2, 0.25) is 0 Å². The minimum Gasteiger partial charge on any atom is -0.261 e. The van der Waals surface area contributed by atoms with Crippen LogP contribution in [0.15, 0.2) is 24.4 Å². The van der Waals surface area contributed by atoms with E-state index in [4.69, 9.17) is 0 Å². The molecule has 1 aromatic rings. The van der Waals surface area contributed by atoms with Gasteiger partial charge in [-0.15, -0.1) is 0 Å². The molecular formula is C13H18BrN. The molecule has 15 heavy (non-hydrogen) atoms. The monoisotopic (exact) mass is 267 g/mol. The molecule has 0 saturated heterocycles. The Balaban J connectivity index is 2.06. The zero-order valence-corrected chi connectivity index (χ0v) is 11.2. The number of nitrogens with zero attached hydrogens (tertiary/aromatic N) is 1. The highest BCUT2D eigenvalue weighted by Gasteiger charge is 2.50. The zero-order valence-electron chi connectivity index (χ0n) is 9.57. The van der Waals surface area contributed by atoms with Crippen LogP contribution in [0.2, 0.25) is 0 Å². The van der Waals surface area contributed by atoms with Crippen LogP contribution in [0.3, 0.4) is 0 Å². The number of pyridine rings is 1. The summed E-state index contributed by atoms with van der Waals surface area (Å²) in [6.07, 6.45) is 3.21. The molecule has 3 unspecified atom stereocenters. The summed E-state index contributed by atoms with van der Waals surface area (Å²) in [5.41, 5.74) is 1.72. The van der Waals surface area contributed by atoms with Gasteiger partial charge in [0.05, 0.1) is 0 Å². The van der Waals surface area contributed by atoms with Crippen molar-refractivity contribution in [2.75, 3.05) is 0 Å². The Morgan fingerprint density at radius 2 is 2.13 bits per heavy atom. The molecule has 0 aliphatic heterocycles. The molecule has 82 valence electrons. The molecule has 0 aromatic carbocycles. The molecule has 1 nitrogen and oxygen atoms in total. The third kappa shape index (κ3) is 2.25. The normalized spacial score (nSPS) is 27.1. The van der Waals surface area contributed by atoms with Gasteiger partial charge in [-0.3, -0.25) is 4.98 Å². The van der Waals surface area contributed by atoms with Crippen molar-refractivity contribution < 1.29 is 0 Å². The molecule has 0 bridgehead atoms. The molecule has 3 atom stereocenters. The molecule has 1 heterocycles. The smallest absolute Gasteiger partial charge is 0.0443 e. The van der Waals surface area contributed by atoms with Gasteiger partial charge in [0.1, 0.15) is 0 Å². The molecule has 2 rings (SSSR count). The van der Waals surface area contributed by atoms with E-state index in [1.54, 1.807) is 0 Å². The number of halogens is 1. The van der Waals surface area contributed by atoms with Crippen LogP contribution in [0.5, 0.6) is 0 Å². The fourth-order valence-electron chi connectivity index (χ4n) is 2.21. The van der Waals surface area contributed by atoms with Crippen LogP contribution in [-0.2, 0) is 0 Å². The topological polar surface area (TPSA) is 12.9 Å². The number of alkyl halides is 1. The predicted octanol–water partition coefficient (Wildman–Crippen LogP) is 3.99. The SMILES string of the molecule is CC(c1ccccn1)C(Br)C1CC1(C)C. The Hall–Kier alpha value is -0.370. The summed E-state index contributed by atoms with van der Waals surface area (Å²) in [5, 5.41) is 0. The highest BCUT2D eigenvalue weighted by atomic mass is 79.9. The summed E-state index contributed by atoms with van der Waals surface area (Å²) in [6.45, 7) is 6.95. The van der Waals surface area contributed by atoms with Crippen LogP contribution in [0.1, 0.15) is 38.8 Å². The Bertz CT molecular complexity index is 334. The summed E-state index contributed by atoms with van der Waals surface area (Å²) in [6, 6.07) is 6.16. The van der Waals surface area contributed by atoms with Crippen LogP contribution in [-0.4, -0.2) is 9.81 Å². The van der Waals surface area contributed by atoms with Gasteiger partial charge in [-0.2, -0.15) is 0 Å². The number of aromatic nitrogens is 1.